The molecule has 3 aromatic rings. The first-order valence-electron chi connectivity index (χ1n) is 12.2. The summed E-state index contributed by atoms with van der Waals surface area (Å²) in [6.45, 7) is 2.67. The number of β-amino-alcohol motifs (C(OH)–C–C–N with tert-alkyl or cyclic N) is 1. The van der Waals surface area contributed by atoms with E-state index in [-0.39, 0.29) is 24.8 Å². The number of aromatic nitrogens is 2. The highest BCUT2D eigenvalue weighted by atomic mass is 32.2. The first-order valence-corrected chi connectivity index (χ1v) is 13.8. The highest BCUT2D eigenvalue weighted by Gasteiger charge is 2.32. The summed E-state index contributed by atoms with van der Waals surface area (Å²) in [6, 6.07) is 10.8. The number of ether oxygens (including phenoxy) is 1. The second kappa shape index (κ2) is 9.98. The Bertz CT molecular complexity index is 1450. The van der Waals surface area contributed by atoms with Crippen LogP contribution in [0.25, 0.3) is 0 Å². The zero-order chi connectivity index (χ0) is 26.2. The number of pyridine rings is 2. The third kappa shape index (κ3) is 4.49. The minimum atomic E-state index is -3.46. The van der Waals surface area contributed by atoms with Crippen molar-refractivity contribution in [2.24, 2.45) is 0 Å². The van der Waals surface area contributed by atoms with E-state index in [0.717, 1.165) is 16.8 Å². The third-order valence-corrected chi connectivity index (χ3v) is 8.46. The summed E-state index contributed by atoms with van der Waals surface area (Å²) in [5.74, 6) is 1.69. The molecule has 1 N–H and O–H groups in total. The van der Waals surface area contributed by atoms with Crippen LogP contribution in [0.5, 0.6) is 5.75 Å². The first kappa shape index (κ1) is 25.0. The normalized spacial score (nSPS) is 16.1. The molecule has 2 aromatic heterocycles. The van der Waals surface area contributed by atoms with Crippen molar-refractivity contribution in [3.05, 3.63) is 65.5 Å². The molecule has 194 valence electrons. The van der Waals surface area contributed by atoms with Crippen molar-refractivity contribution >= 4 is 38.9 Å². The molecule has 0 saturated heterocycles. The van der Waals surface area contributed by atoms with Gasteiger partial charge in [-0.2, -0.15) is 0 Å². The Hall–Kier alpha value is -3.70. The van der Waals surface area contributed by atoms with Gasteiger partial charge in [0.1, 0.15) is 11.6 Å². The average Bonchev–Trinajstić information content (AvgIpc) is 2.98. The van der Waals surface area contributed by atoms with E-state index in [9.17, 15) is 18.3 Å². The van der Waals surface area contributed by atoms with Crippen molar-refractivity contribution in [3.8, 4) is 5.75 Å². The Morgan fingerprint density at radius 2 is 1.92 bits per heavy atom. The minimum absolute atomic E-state index is 0.0101. The average molecular weight is 524 g/mol. The van der Waals surface area contributed by atoms with E-state index in [2.05, 4.69) is 9.97 Å². The zero-order valence-corrected chi connectivity index (χ0v) is 21.6. The highest BCUT2D eigenvalue weighted by Crippen LogP contribution is 2.38. The van der Waals surface area contributed by atoms with Crippen LogP contribution in [-0.4, -0.2) is 68.5 Å². The number of hydrogen-bond donors (Lipinski definition) is 1. The summed E-state index contributed by atoms with van der Waals surface area (Å²) < 4.78 is 32.3. The second-order valence-electron chi connectivity index (χ2n) is 8.88. The lowest BCUT2D eigenvalue weighted by molar-refractivity contribution is 0.0994. The van der Waals surface area contributed by atoms with E-state index in [0.29, 0.717) is 54.6 Å². The van der Waals surface area contributed by atoms with Crippen molar-refractivity contribution in [3.63, 3.8) is 0 Å². The number of anilines is 4. The molecule has 5 rings (SSSR count). The quantitative estimate of drug-likeness (QED) is 0.502. The van der Waals surface area contributed by atoms with Gasteiger partial charge in [0.05, 0.1) is 42.4 Å². The van der Waals surface area contributed by atoms with Gasteiger partial charge in [-0.3, -0.25) is 9.10 Å². The highest BCUT2D eigenvalue weighted by molar-refractivity contribution is 7.92. The fourth-order valence-electron chi connectivity index (χ4n) is 4.85. The van der Waals surface area contributed by atoms with E-state index in [4.69, 9.17) is 4.74 Å². The molecule has 0 unspecified atom stereocenters. The predicted molar refractivity (Wildman–Crippen MR) is 141 cm³/mol. The number of carbonyl (C=O) groups is 1. The number of benzene rings is 1. The minimum Gasteiger partial charge on any atom is -0.493 e. The van der Waals surface area contributed by atoms with Crippen LogP contribution in [0.3, 0.4) is 0 Å². The van der Waals surface area contributed by atoms with Crippen LogP contribution >= 0.6 is 0 Å². The van der Waals surface area contributed by atoms with Gasteiger partial charge in [-0.05, 0) is 49.2 Å². The van der Waals surface area contributed by atoms with Crippen molar-refractivity contribution in [2.75, 3.05) is 53.2 Å². The molecule has 11 heteroatoms. The van der Waals surface area contributed by atoms with Crippen molar-refractivity contribution in [1.82, 2.24) is 9.97 Å². The number of hydrogen-bond acceptors (Lipinski definition) is 8. The molecule has 0 atom stereocenters. The summed E-state index contributed by atoms with van der Waals surface area (Å²) in [5.41, 5.74) is 3.44. The van der Waals surface area contributed by atoms with Crippen LogP contribution in [0.15, 0.2) is 48.8 Å². The molecule has 37 heavy (non-hydrogen) atoms. The maximum absolute atomic E-state index is 13.3. The van der Waals surface area contributed by atoms with Gasteiger partial charge in [0.2, 0.25) is 10.0 Å². The number of amides is 1. The molecule has 2 aliphatic rings. The van der Waals surface area contributed by atoms with Gasteiger partial charge in [0, 0.05) is 38.0 Å². The van der Waals surface area contributed by atoms with E-state index < -0.39 is 10.0 Å². The maximum Gasteiger partial charge on any atom is 0.261 e. The van der Waals surface area contributed by atoms with Gasteiger partial charge in [-0.15, -0.1) is 0 Å². The number of sulfonamides is 1. The van der Waals surface area contributed by atoms with E-state index >= 15 is 0 Å². The fraction of sp³-hybridized carbons (Fsp3) is 0.346. The number of nitrogens with zero attached hydrogens (tertiary/aromatic N) is 5. The van der Waals surface area contributed by atoms with E-state index in [1.54, 1.807) is 36.5 Å². The van der Waals surface area contributed by atoms with Gasteiger partial charge >= 0.3 is 0 Å². The molecule has 1 amide bonds. The smallest absolute Gasteiger partial charge is 0.261 e. The molecule has 0 radical (unpaired) electrons. The lowest BCUT2D eigenvalue weighted by atomic mass is 10.1. The van der Waals surface area contributed by atoms with Gasteiger partial charge in [0.25, 0.3) is 5.91 Å². The van der Waals surface area contributed by atoms with E-state index in [1.807, 2.05) is 36.1 Å². The van der Waals surface area contributed by atoms with Crippen LogP contribution in [0.2, 0.25) is 0 Å². The van der Waals surface area contributed by atoms with Crippen LogP contribution in [0, 0.1) is 0 Å². The molecule has 1 aromatic carbocycles. The lowest BCUT2D eigenvalue weighted by Gasteiger charge is -2.31. The molecular formula is C26H29N5O5S. The van der Waals surface area contributed by atoms with Crippen LogP contribution < -0.4 is 18.8 Å². The summed E-state index contributed by atoms with van der Waals surface area (Å²) >= 11 is 0. The SMILES string of the molecule is CCN1c2ncc(CCOc3cccc4c3CCS(=O)(=O)N4CCO)cc2C(=O)N(C)c2cccnc21. The topological polar surface area (TPSA) is 116 Å². The number of aliphatic hydroxyl groups is 1. The van der Waals surface area contributed by atoms with Crippen LogP contribution in [0.4, 0.5) is 23.0 Å². The van der Waals surface area contributed by atoms with Crippen molar-refractivity contribution in [1.29, 1.82) is 0 Å². The largest absolute Gasteiger partial charge is 0.493 e. The van der Waals surface area contributed by atoms with Crippen LogP contribution in [-0.2, 0) is 22.9 Å². The number of fused-ring (bicyclic) bond motifs is 3. The van der Waals surface area contributed by atoms with Crippen LogP contribution in [0.1, 0.15) is 28.4 Å². The monoisotopic (exact) mass is 523 g/mol. The van der Waals surface area contributed by atoms with Crippen molar-refractivity contribution in [2.45, 2.75) is 19.8 Å². The molecule has 0 aliphatic carbocycles. The Balaban J connectivity index is 1.37. The molecule has 0 spiro atoms. The molecule has 0 bridgehead atoms. The van der Waals surface area contributed by atoms with Gasteiger partial charge in [-0.25, -0.2) is 18.4 Å². The van der Waals surface area contributed by atoms with Gasteiger partial charge in [-0.1, -0.05) is 6.07 Å². The number of rotatable bonds is 7. The Kier molecular flexibility index (Phi) is 6.74. The van der Waals surface area contributed by atoms with E-state index in [1.165, 1.54) is 4.31 Å². The molecule has 4 heterocycles. The Morgan fingerprint density at radius 3 is 2.70 bits per heavy atom. The molecule has 2 aliphatic heterocycles. The predicted octanol–water partition coefficient (Wildman–Crippen LogP) is 2.53. The molecule has 10 nitrogen and oxygen atoms in total. The zero-order valence-electron chi connectivity index (χ0n) is 20.8. The number of aliphatic hydroxyl groups excluding tert-OH is 1. The maximum atomic E-state index is 13.3. The Morgan fingerprint density at radius 1 is 1.11 bits per heavy atom. The summed E-state index contributed by atoms with van der Waals surface area (Å²) in [6.07, 6.45) is 4.31. The summed E-state index contributed by atoms with van der Waals surface area (Å²) in [4.78, 5) is 26.0. The fourth-order valence-corrected chi connectivity index (χ4v) is 6.37. The summed E-state index contributed by atoms with van der Waals surface area (Å²) in [5, 5.41) is 9.36. The third-order valence-electron chi connectivity index (χ3n) is 6.69. The summed E-state index contributed by atoms with van der Waals surface area (Å²) in [7, 11) is -1.73. The van der Waals surface area contributed by atoms with Gasteiger partial charge < -0.3 is 19.6 Å². The lowest BCUT2D eigenvalue weighted by Crippen LogP contribution is -2.39. The molecule has 0 saturated carbocycles. The van der Waals surface area contributed by atoms with Gasteiger partial charge in [0.15, 0.2) is 5.82 Å². The molecular weight excluding hydrogens is 494 g/mol. The molecule has 0 fully saturated rings. The first-order chi connectivity index (χ1) is 17.9. The number of carbonyl (C=O) groups excluding carboxylic acids is 1. The van der Waals surface area contributed by atoms with Crippen molar-refractivity contribution < 1.29 is 23.1 Å². The Labute approximate surface area is 216 Å². The second-order valence-corrected chi connectivity index (χ2v) is 10.9. The standard InChI is InChI=1S/C26H29N5O5S/c1-3-30-24-20(26(33)29(2)22-7-5-11-27-25(22)30)16-18(17-28-24)9-14-36-23-8-4-6-21-19(23)10-15-37(34,35)31(21)12-13-32/h4-8,11,16-17,32H,3,9-10,12-15H2,1-2H3.